The van der Waals surface area contributed by atoms with Crippen molar-refractivity contribution in [1.29, 1.82) is 0 Å². The second-order valence-corrected chi connectivity index (χ2v) is 5.19. The summed E-state index contributed by atoms with van der Waals surface area (Å²) in [5.41, 5.74) is 1.03. The minimum atomic E-state index is 0.0596. The predicted molar refractivity (Wildman–Crippen MR) is 88.5 cm³/mol. The normalized spacial score (nSPS) is 12.8. The molecular formula is C15H28N6O. The van der Waals surface area contributed by atoms with Gasteiger partial charge >= 0.3 is 0 Å². The molecular weight excluding hydrogens is 280 g/mol. The van der Waals surface area contributed by atoms with Crippen molar-refractivity contribution in [2.45, 2.75) is 46.2 Å². The van der Waals surface area contributed by atoms with E-state index in [2.05, 4.69) is 33.0 Å². The van der Waals surface area contributed by atoms with E-state index < -0.39 is 0 Å². The highest BCUT2D eigenvalue weighted by Gasteiger charge is 2.06. The Morgan fingerprint density at radius 1 is 1.41 bits per heavy atom. The summed E-state index contributed by atoms with van der Waals surface area (Å²) in [6, 6.07) is 2.16. The van der Waals surface area contributed by atoms with Crippen LogP contribution in [-0.2, 0) is 18.4 Å². The van der Waals surface area contributed by atoms with Crippen LogP contribution in [0.3, 0.4) is 0 Å². The maximum atomic E-state index is 11.7. The monoisotopic (exact) mass is 308 g/mol. The second kappa shape index (κ2) is 9.81. The molecule has 1 aromatic rings. The van der Waals surface area contributed by atoms with Gasteiger partial charge in [0.15, 0.2) is 5.96 Å². The lowest BCUT2D eigenvalue weighted by atomic mass is 10.2. The molecule has 1 rings (SSSR count). The Bertz CT molecular complexity index is 482. The van der Waals surface area contributed by atoms with Gasteiger partial charge < -0.3 is 16.0 Å². The SMILES string of the molecule is CCNC(=NCc1ccnn1C)NCCC(=O)NC(C)CC. The number of carbonyl (C=O) groups excluding carboxylic acids is 1. The number of hydrogen-bond donors (Lipinski definition) is 3. The Morgan fingerprint density at radius 3 is 2.77 bits per heavy atom. The third-order valence-electron chi connectivity index (χ3n) is 3.33. The molecule has 0 aliphatic carbocycles. The van der Waals surface area contributed by atoms with Crippen LogP contribution in [0.15, 0.2) is 17.3 Å². The number of hydrogen-bond acceptors (Lipinski definition) is 3. The maximum Gasteiger partial charge on any atom is 0.221 e. The number of aryl methyl sites for hydroxylation is 1. The average Bonchev–Trinajstić information content (AvgIpc) is 2.89. The Labute approximate surface area is 132 Å². The number of aromatic nitrogens is 2. The summed E-state index contributed by atoms with van der Waals surface area (Å²) in [5.74, 6) is 0.768. The highest BCUT2D eigenvalue weighted by molar-refractivity contribution is 5.81. The molecule has 1 amide bonds. The molecule has 7 heteroatoms. The first-order valence-electron chi connectivity index (χ1n) is 7.85. The topological polar surface area (TPSA) is 83.3 Å². The van der Waals surface area contributed by atoms with E-state index in [1.54, 1.807) is 10.9 Å². The molecule has 1 heterocycles. The van der Waals surface area contributed by atoms with Crippen LogP contribution in [0.5, 0.6) is 0 Å². The fourth-order valence-electron chi connectivity index (χ4n) is 1.80. The molecule has 0 radical (unpaired) electrons. The van der Waals surface area contributed by atoms with Crippen molar-refractivity contribution in [3.05, 3.63) is 18.0 Å². The first-order valence-corrected chi connectivity index (χ1v) is 7.85. The number of carbonyl (C=O) groups is 1. The number of nitrogens with zero attached hydrogens (tertiary/aromatic N) is 3. The highest BCUT2D eigenvalue weighted by atomic mass is 16.1. The second-order valence-electron chi connectivity index (χ2n) is 5.19. The number of rotatable bonds is 8. The van der Waals surface area contributed by atoms with Gasteiger partial charge in [0.05, 0.1) is 12.2 Å². The zero-order valence-electron chi connectivity index (χ0n) is 14.0. The Kier molecular flexibility index (Phi) is 8.03. The highest BCUT2D eigenvalue weighted by Crippen LogP contribution is 1.98. The molecule has 1 aromatic heterocycles. The molecule has 22 heavy (non-hydrogen) atoms. The van der Waals surface area contributed by atoms with Crippen LogP contribution in [-0.4, -0.2) is 40.8 Å². The van der Waals surface area contributed by atoms with Gasteiger partial charge in [0, 0.05) is 38.8 Å². The summed E-state index contributed by atoms with van der Waals surface area (Å²) >= 11 is 0. The molecule has 0 aromatic carbocycles. The molecule has 7 nitrogen and oxygen atoms in total. The number of aliphatic imine (C=N–C) groups is 1. The zero-order chi connectivity index (χ0) is 16.4. The average molecular weight is 308 g/mol. The fraction of sp³-hybridized carbons (Fsp3) is 0.667. The number of guanidine groups is 1. The van der Waals surface area contributed by atoms with Crippen LogP contribution in [0.1, 0.15) is 39.3 Å². The van der Waals surface area contributed by atoms with Crippen molar-refractivity contribution < 1.29 is 4.79 Å². The minimum absolute atomic E-state index is 0.0596. The van der Waals surface area contributed by atoms with E-state index in [1.165, 1.54) is 0 Å². The van der Waals surface area contributed by atoms with E-state index >= 15 is 0 Å². The van der Waals surface area contributed by atoms with Gasteiger partial charge in [-0.15, -0.1) is 0 Å². The van der Waals surface area contributed by atoms with Crippen LogP contribution in [0.2, 0.25) is 0 Å². The van der Waals surface area contributed by atoms with Crippen LogP contribution in [0.25, 0.3) is 0 Å². The third kappa shape index (κ3) is 6.60. The van der Waals surface area contributed by atoms with E-state index in [0.29, 0.717) is 25.5 Å². The lowest BCUT2D eigenvalue weighted by molar-refractivity contribution is -0.121. The molecule has 0 fully saturated rings. The van der Waals surface area contributed by atoms with Gasteiger partial charge in [-0.3, -0.25) is 9.48 Å². The third-order valence-corrected chi connectivity index (χ3v) is 3.33. The van der Waals surface area contributed by atoms with E-state index in [-0.39, 0.29) is 11.9 Å². The van der Waals surface area contributed by atoms with Gasteiger partial charge in [-0.2, -0.15) is 5.10 Å². The summed E-state index contributed by atoms with van der Waals surface area (Å²) in [6.45, 7) is 7.94. The van der Waals surface area contributed by atoms with Crippen molar-refractivity contribution >= 4 is 11.9 Å². The summed E-state index contributed by atoms with van der Waals surface area (Å²) in [5, 5.41) is 13.4. The summed E-state index contributed by atoms with van der Waals surface area (Å²) < 4.78 is 1.80. The minimum Gasteiger partial charge on any atom is -0.357 e. The van der Waals surface area contributed by atoms with Gasteiger partial charge in [0.1, 0.15) is 0 Å². The lowest BCUT2D eigenvalue weighted by Crippen LogP contribution is -2.40. The Hall–Kier alpha value is -2.05. The van der Waals surface area contributed by atoms with E-state index in [0.717, 1.165) is 18.7 Å². The van der Waals surface area contributed by atoms with E-state index in [9.17, 15) is 4.79 Å². The van der Waals surface area contributed by atoms with Crippen molar-refractivity contribution in [3.63, 3.8) is 0 Å². The standard InChI is InChI=1S/C15H28N6O/c1-5-12(3)20-14(22)8-9-17-15(16-6-2)18-11-13-7-10-19-21(13)4/h7,10,12H,5-6,8-9,11H2,1-4H3,(H,20,22)(H2,16,17,18). The quantitative estimate of drug-likeness (QED) is 0.489. The molecule has 0 spiro atoms. The molecule has 3 N–H and O–H groups in total. The van der Waals surface area contributed by atoms with Gasteiger partial charge in [0.25, 0.3) is 0 Å². The summed E-state index contributed by atoms with van der Waals surface area (Å²) in [7, 11) is 1.89. The predicted octanol–water partition coefficient (Wildman–Crippen LogP) is 0.780. The van der Waals surface area contributed by atoms with Gasteiger partial charge in [-0.25, -0.2) is 4.99 Å². The van der Waals surface area contributed by atoms with Gasteiger partial charge in [0.2, 0.25) is 5.91 Å². The smallest absolute Gasteiger partial charge is 0.221 e. The van der Waals surface area contributed by atoms with Crippen LogP contribution in [0, 0.1) is 0 Å². The largest absolute Gasteiger partial charge is 0.357 e. The molecule has 1 unspecified atom stereocenters. The van der Waals surface area contributed by atoms with Gasteiger partial charge in [-0.05, 0) is 26.3 Å². The first kappa shape index (κ1) is 18.0. The Balaban J connectivity index is 2.40. The molecule has 0 saturated heterocycles. The van der Waals surface area contributed by atoms with Crippen LogP contribution >= 0.6 is 0 Å². The van der Waals surface area contributed by atoms with Crippen molar-refractivity contribution in [1.82, 2.24) is 25.7 Å². The fourth-order valence-corrected chi connectivity index (χ4v) is 1.80. The van der Waals surface area contributed by atoms with Crippen molar-refractivity contribution in [2.24, 2.45) is 12.0 Å². The number of nitrogens with one attached hydrogen (secondary N) is 3. The van der Waals surface area contributed by atoms with Crippen molar-refractivity contribution in [2.75, 3.05) is 13.1 Å². The Morgan fingerprint density at radius 2 is 2.18 bits per heavy atom. The maximum absolute atomic E-state index is 11.7. The molecule has 1 atom stereocenters. The molecule has 124 valence electrons. The molecule has 0 saturated carbocycles. The molecule has 0 aliphatic heterocycles. The van der Waals surface area contributed by atoms with Crippen molar-refractivity contribution in [3.8, 4) is 0 Å². The summed E-state index contributed by atoms with van der Waals surface area (Å²) in [6.07, 6.45) is 3.12. The van der Waals surface area contributed by atoms with Crippen LogP contribution < -0.4 is 16.0 Å². The molecule has 0 bridgehead atoms. The van der Waals surface area contributed by atoms with E-state index in [4.69, 9.17) is 0 Å². The zero-order valence-corrected chi connectivity index (χ0v) is 14.0. The summed E-state index contributed by atoms with van der Waals surface area (Å²) in [4.78, 5) is 16.2. The number of amides is 1. The van der Waals surface area contributed by atoms with Crippen LogP contribution in [0.4, 0.5) is 0 Å². The lowest BCUT2D eigenvalue weighted by Gasteiger charge is -2.13. The first-order chi connectivity index (χ1) is 10.6. The van der Waals surface area contributed by atoms with Gasteiger partial charge in [-0.1, -0.05) is 6.92 Å². The van der Waals surface area contributed by atoms with E-state index in [1.807, 2.05) is 27.0 Å². The molecule has 0 aliphatic rings.